The maximum absolute atomic E-state index is 3.71. The molecule has 0 bridgehead atoms. The summed E-state index contributed by atoms with van der Waals surface area (Å²) in [7, 11) is 0. The van der Waals surface area contributed by atoms with Gasteiger partial charge in [-0.3, -0.25) is 0 Å². The average Bonchev–Trinajstić information content (AvgIpc) is 2.99. The van der Waals surface area contributed by atoms with Crippen molar-refractivity contribution in [3.05, 3.63) is 45.3 Å². The summed E-state index contributed by atoms with van der Waals surface area (Å²) in [6, 6.07) is 14.1. The van der Waals surface area contributed by atoms with Crippen LogP contribution in [0.1, 0.15) is 84.1 Å². The molecule has 0 aliphatic heterocycles. The van der Waals surface area contributed by atoms with Gasteiger partial charge in [-0.15, -0.1) is 0 Å². The normalized spacial score (nSPS) is 12.9. The lowest BCUT2D eigenvalue weighted by Gasteiger charge is -2.22. The standard InChI is InChI=1S/C25H33Br2N/c1-3-5-7-8-9-10-12-21(11-6-4-2)28-24-17-19(26)13-15-22(24)23-16-14-20(27)18-25(23)28/h13-18,21H,3-12H2,1-2H3/t21-/m0/s1. The van der Waals surface area contributed by atoms with E-state index in [9.17, 15) is 0 Å². The first-order chi connectivity index (χ1) is 13.7. The van der Waals surface area contributed by atoms with Crippen molar-refractivity contribution in [3.8, 4) is 0 Å². The van der Waals surface area contributed by atoms with Gasteiger partial charge in [0.2, 0.25) is 0 Å². The molecule has 1 nitrogen and oxygen atoms in total. The van der Waals surface area contributed by atoms with Crippen molar-refractivity contribution in [1.82, 2.24) is 4.57 Å². The van der Waals surface area contributed by atoms with E-state index in [0.717, 1.165) is 8.95 Å². The van der Waals surface area contributed by atoms with Crippen LogP contribution in [0.15, 0.2) is 45.3 Å². The van der Waals surface area contributed by atoms with Crippen LogP contribution in [0.2, 0.25) is 0 Å². The van der Waals surface area contributed by atoms with Gasteiger partial charge in [0.05, 0.1) is 11.0 Å². The van der Waals surface area contributed by atoms with E-state index in [4.69, 9.17) is 0 Å². The third-order valence-corrected chi connectivity index (χ3v) is 6.86. The zero-order chi connectivity index (χ0) is 19.9. The predicted octanol–water partition coefficient (Wildman–Crippen LogP) is 9.80. The number of hydrogen-bond acceptors (Lipinski definition) is 0. The average molecular weight is 507 g/mol. The molecule has 0 spiro atoms. The summed E-state index contributed by atoms with van der Waals surface area (Å²) >= 11 is 7.41. The number of benzene rings is 2. The quantitative estimate of drug-likeness (QED) is 0.228. The van der Waals surface area contributed by atoms with Gasteiger partial charge in [0.15, 0.2) is 0 Å². The second-order valence-corrected chi connectivity index (χ2v) is 9.88. The maximum Gasteiger partial charge on any atom is 0.0505 e. The van der Waals surface area contributed by atoms with Crippen LogP contribution in [0.25, 0.3) is 21.8 Å². The molecule has 0 aliphatic carbocycles. The van der Waals surface area contributed by atoms with Crippen LogP contribution in [0.5, 0.6) is 0 Å². The highest BCUT2D eigenvalue weighted by Gasteiger charge is 2.18. The second kappa shape index (κ2) is 10.8. The third kappa shape index (κ3) is 5.21. The molecule has 2 aromatic carbocycles. The molecule has 0 saturated heterocycles. The first-order valence-corrected chi connectivity index (χ1v) is 12.6. The van der Waals surface area contributed by atoms with Gasteiger partial charge in [0, 0.05) is 25.8 Å². The molecule has 28 heavy (non-hydrogen) atoms. The first kappa shape index (κ1) is 21.9. The van der Waals surface area contributed by atoms with Gasteiger partial charge in [0.25, 0.3) is 0 Å². The van der Waals surface area contributed by atoms with Crippen LogP contribution >= 0.6 is 31.9 Å². The van der Waals surface area contributed by atoms with Gasteiger partial charge in [-0.2, -0.15) is 0 Å². The number of rotatable bonds is 11. The van der Waals surface area contributed by atoms with Crippen molar-refractivity contribution in [2.24, 2.45) is 0 Å². The Kier molecular flexibility index (Phi) is 8.47. The summed E-state index contributed by atoms with van der Waals surface area (Å²) in [6.07, 6.45) is 13.3. The van der Waals surface area contributed by atoms with Crippen LogP contribution < -0.4 is 0 Å². The Labute approximate surface area is 187 Å². The van der Waals surface area contributed by atoms with Gasteiger partial charge in [0.1, 0.15) is 0 Å². The van der Waals surface area contributed by atoms with Crippen molar-refractivity contribution in [2.75, 3.05) is 0 Å². The van der Waals surface area contributed by atoms with E-state index in [-0.39, 0.29) is 0 Å². The van der Waals surface area contributed by atoms with Gasteiger partial charge >= 0.3 is 0 Å². The lowest BCUT2D eigenvalue weighted by molar-refractivity contribution is 0.418. The fraction of sp³-hybridized carbons (Fsp3) is 0.520. The number of hydrogen-bond donors (Lipinski definition) is 0. The molecule has 0 N–H and O–H groups in total. The molecule has 0 saturated carbocycles. The van der Waals surface area contributed by atoms with E-state index in [1.807, 2.05) is 0 Å². The van der Waals surface area contributed by atoms with E-state index in [0.29, 0.717) is 6.04 Å². The van der Waals surface area contributed by atoms with Crippen LogP contribution in [0.3, 0.4) is 0 Å². The minimum atomic E-state index is 0.578. The molecular weight excluding hydrogens is 474 g/mol. The third-order valence-electron chi connectivity index (χ3n) is 5.88. The van der Waals surface area contributed by atoms with E-state index < -0.39 is 0 Å². The van der Waals surface area contributed by atoms with Crippen molar-refractivity contribution < 1.29 is 0 Å². The SMILES string of the molecule is CCCCCCCC[C@H](CCCC)n1c2cc(Br)ccc2c2ccc(Br)cc21. The zero-order valence-corrected chi connectivity index (χ0v) is 20.5. The molecule has 1 atom stereocenters. The zero-order valence-electron chi connectivity index (χ0n) is 17.3. The number of halogens is 2. The minimum Gasteiger partial charge on any atom is -0.337 e. The number of aromatic nitrogens is 1. The number of fused-ring (bicyclic) bond motifs is 3. The Balaban J connectivity index is 1.94. The van der Waals surface area contributed by atoms with Crippen molar-refractivity contribution >= 4 is 53.7 Å². The number of unbranched alkanes of at least 4 members (excludes halogenated alkanes) is 6. The molecule has 3 heteroatoms. The molecule has 0 unspecified atom stereocenters. The Hall–Kier alpha value is -0.800. The van der Waals surface area contributed by atoms with Crippen LogP contribution in [-0.2, 0) is 0 Å². The monoisotopic (exact) mass is 505 g/mol. The van der Waals surface area contributed by atoms with Gasteiger partial charge < -0.3 is 4.57 Å². The topological polar surface area (TPSA) is 4.93 Å². The lowest BCUT2D eigenvalue weighted by Crippen LogP contribution is -2.09. The highest BCUT2D eigenvalue weighted by atomic mass is 79.9. The number of nitrogens with zero attached hydrogens (tertiary/aromatic N) is 1. The van der Waals surface area contributed by atoms with Crippen LogP contribution in [-0.4, -0.2) is 4.57 Å². The summed E-state index contributed by atoms with van der Waals surface area (Å²) in [6.45, 7) is 4.60. The molecule has 0 fully saturated rings. The minimum absolute atomic E-state index is 0.578. The molecule has 0 aliphatic rings. The Morgan fingerprint density at radius 2 is 1.18 bits per heavy atom. The lowest BCUT2D eigenvalue weighted by atomic mass is 10.0. The molecule has 3 rings (SSSR count). The summed E-state index contributed by atoms with van der Waals surface area (Å²) in [5.74, 6) is 0. The first-order valence-electron chi connectivity index (χ1n) is 11.0. The smallest absolute Gasteiger partial charge is 0.0505 e. The molecule has 0 radical (unpaired) electrons. The summed E-state index contributed by atoms with van der Waals surface area (Å²) in [5, 5.41) is 2.74. The predicted molar refractivity (Wildman–Crippen MR) is 131 cm³/mol. The van der Waals surface area contributed by atoms with E-state index in [1.54, 1.807) is 0 Å². The second-order valence-electron chi connectivity index (χ2n) is 8.05. The fourth-order valence-corrected chi connectivity index (χ4v) is 5.09. The fourth-order valence-electron chi connectivity index (χ4n) is 4.39. The Bertz CT molecular complexity index is 837. The Morgan fingerprint density at radius 1 is 0.679 bits per heavy atom. The maximum atomic E-state index is 3.71. The summed E-state index contributed by atoms with van der Waals surface area (Å²) in [4.78, 5) is 0. The van der Waals surface area contributed by atoms with E-state index in [2.05, 4.69) is 86.7 Å². The molecule has 1 aromatic heterocycles. The molecule has 3 aromatic rings. The molecular formula is C25H33Br2N. The molecule has 1 heterocycles. The van der Waals surface area contributed by atoms with Crippen molar-refractivity contribution in [3.63, 3.8) is 0 Å². The highest BCUT2D eigenvalue weighted by molar-refractivity contribution is 9.10. The summed E-state index contributed by atoms with van der Waals surface area (Å²) in [5.41, 5.74) is 2.74. The summed E-state index contributed by atoms with van der Waals surface area (Å²) < 4.78 is 4.97. The van der Waals surface area contributed by atoms with Crippen molar-refractivity contribution in [1.29, 1.82) is 0 Å². The Morgan fingerprint density at radius 3 is 1.75 bits per heavy atom. The molecule has 152 valence electrons. The van der Waals surface area contributed by atoms with Crippen LogP contribution in [0.4, 0.5) is 0 Å². The van der Waals surface area contributed by atoms with Gasteiger partial charge in [-0.25, -0.2) is 0 Å². The van der Waals surface area contributed by atoms with Gasteiger partial charge in [-0.05, 0) is 37.1 Å². The molecule has 0 amide bonds. The van der Waals surface area contributed by atoms with E-state index >= 15 is 0 Å². The van der Waals surface area contributed by atoms with Crippen molar-refractivity contribution in [2.45, 2.75) is 84.1 Å². The van der Waals surface area contributed by atoms with E-state index in [1.165, 1.54) is 86.0 Å². The van der Waals surface area contributed by atoms with Crippen LogP contribution in [0, 0.1) is 0 Å². The van der Waals surface area contributed by atoms with Gasteiger partial charge in [-0.1, -0.05) is 109 Å². The largest absolute Gasteiger partial charge is 0.337 e. The highest BCUT2D eigenvalue weighted by Crippen LogP contribution is 2.37.